The molecule has 0 radical (unpaired) electrons. The van der Waals surface area contributed by atoms with Crippen LogP contribution in [0.25, 0.3) is 11.0 Å². The van der Waals surface area contributed by atoms with Crippen LogP contribution in [-0.2, 0) is 15.8 Å². The van der Waals surface area contributed by atoms with E-state index in [4.69, 9.17) is 10.2 Å². The molecular weight excluding hydrogens is 367 g/mol. The van der Waals surface area contributed by atoms with Gasteiger partial charge >= 0.3 is 11.8 Å². The summed E-state index contributed by atoms with van der Waals surface area (Å²) in [6, 6.07) is 3.22. The second-order valence-electron chi connectivity index (χ2n) is 6.13. The number of hydrogen-bond donors (Lipinski definition) is 2. The maximum atomic E-state index is 13.1. The van der Waals surface area contributed by atoms with Crippen molar-refractivity contribution in [2.45, 2.75) is 25.1 Å². The van der Waals surface area contributed by atoms with Gasteiger partial charge in [0.1, 0.15) is 11.6 Å². The molecule has 0 saturated carbocycles. The van der Waals surface area contributed by atoms with Crippen molar-refractivity contribution >= 4 is 28.5 Å². The van der Waals surface area contributed by atoms with Gasteiger partial charge in [-0.25, -0.2) is 4.79 Å². The fourth-order valence-electron chi connectivity index (χ4n) is 3.16. The van der Waals surface area contributed by atoms with E-state index in [-0.39, 0.29) is 29.1 Å². The van der Waals surface area contributed by atoms with E-state index >= 15 is 0 Å². The molecule has 0 bridgehead atoms. The summed E-state index contributed by atoms with van der Waals surface area (Å²) in [4.78, 5) is 37.1. The van der Waals surface area contributed by atoms with Crippen LogP contribution in [0.1, 0.15) is 18.4 Å². The smallest absolute Gasteiger partial charge is 0.417 e. The van der Waals surface area contributed by atoms with Gasteiger partial charge in [0.25, 0.3) is 0 Å². The molecule has 0 spiro atoms. The van der Waals surface area contributed by atoms with Gasteiger partial charge < -0.3 is 20.4 Å². The Morgan fingerprint density at radius 2 is 2.04 bits per heavy atom. The van der Waals surface area contributed by atoms with Crippen LogP contribution < -0.4 is 16.7 Å². The fraction of sp³-hybridized carbons (Fsp3) is 0.353. The third-order valence-electron chi connectivity index (χ3n) is 4.37. The summed E-state index contributed by atoms with van der Waals surface area (Å²) >= 11 is 0. The maximum Gasteiger partial charge on any atom is 0.417 e. The van der Waals surface area contributed by atoms with Crippen LogP contribution in [-0.4, -0.2) is 35.8 Å². The Bertz CT molecular complexity index is 955. The molecule has 144 valence electrons. The lowest BCUT2D eigenvalue weighted by molar-refractivity contribution is -0.136. The predicted octanol–water partition coefficient (Wildman–Crippen LogP) is 1.70. The predicted molar refractivity (Wildman–Crippen MR) is 89.9 cm³/mol. The zero-order chi connectivity index (χ0) is 19.8. The summed E-state index contributed by atoms with van der Waals surface area (Å²) in [5.41, 5.74) is 2.94. The Hall–Kier alpha value is -2.88. The van der Waals surface area contributed by atoms with Gasteiger partial charge in [0.05, 0.1) is 12.1 Å². The minimum absolute atomic E-state index is 0.155. The minimum atomic E-state index is -4.72. The highest BCUT2D eigenvalue weighted by molar-refractivity contribution is 5.99. The highest BCUT2D eigenvalue weighted by atomic mass is 19.4. The number of halogens is 3. The molecule has 2 amide bonds. The van der Waals surface area contributed by atoms with Gasteiger partial charge in [0.15, 0.2) is 0 Å². The van der Waals surface area contributed by atoms with Gasteiger partial charge in [-0.05, 0) is 25.0 Å². The molecule has 1 aliphatic rings. The van der Waals surface area contributed by atoms with E-state index < -0.39 is 29.3 Å². The van der Waals surface area contributed by atoms with Crippen LogP contribution >= 0.6 is 0 Å². The van der Waals surface area contributed by atoms with Crippen molar-refractivity contribution < 1.29 is 27.2 Å². The van der Waals surface area contributed by atoms with Gasteiger partial charge in [-0.3, -0.25) is 9.59 Å². The van der Waals surface area contributed by atoms with Crippen molar-refractivity contribution in [3.05, 3.63) is 40.2 Å². The molecule has 3 rings (SSSR count). The van der Waals surface area contributed by atoms with Crippen molar-refractivity contribution in [2.75, 3.05) is 18.4 Å². The van der Waals surface area contributed by atoms with E-state index in [1.54, 1.807) is 0 Å². The fourth-order valence-corrected chi connectivity index (χ4v) is 3.16. The summed E-state index contributed by atoms with van der Waals surface area (Å²) in [6.07, 6.45) is -3.62. The summed E-state index contributed by atoms with van der Waals surface area (Å²) in [7, 11) is 0. The number of nitrogens with two attached hydrogens (primary N) is 1. The van der Waals surface area contributed by atoms with E-state index in [2.05, 4.69) is 5.32 Å². The zero-order valence-electron chi connectivity index (χ0n) is 14.0. The first-order chi connectivity index (χ1) is 12.7. The van der Waals surface area contributed by atoms with Crippen LogP contribution in [0.5, 0.6) is 0 Å². The molecule has 0 aliphatic carbocycles. The van der Waals surface area contributed by atoms with Gasteiger partial charge in [-0.2, -0.15) is 13.2 Å². The van der Waals surface area contributed by atoms with E-state index in [9.17, 15) is 27.6 Å². The third-order valence-corrected chi connectivity index (χ3v) is 4.37. The van der Waals surface area contributed by atoms with Crippen molar-refractivity contribution in [1.82, 2.24) is 4.90 Å². The molecule has 1 aromatic heterocycles. The molecular formula is C17H16F3N3O4. The summed E-state index contributed by atoms with van der Waals surface area (Å²) in [6.45, 7) is 0.195. The second-order valence-corrected chi connectivity index (χ2v) is 6.13. The number of carbonyl (C=O) groups excluding carboxylic acids is 2. The standard InChI is InChI=1S/C17H16F3N3O4/c18-17(19,20)11-7-15(25)27-13-6-9(3-4-10(11)13)22-16(26)12-2-1-5-23(12)14(24)8-21/h3-4,6-7,12H,1-2,5,8,21H2,(H,22,26). The largest absolute Gasteiger partial charge is 0.423 e. The van der Waals surface area contributed by atoms with Crippen molar-refractivity contribution in [1.29, 1.82) is 0 Å². The first-order valence-corrected chi connectivity index (χ1v) is 8.16. The van der Waals surface area contributed by atoms with Gasteiger partial charge in [0, 0.05) is 29.8 Å². The summed E-state index contributed by atoms with van der Waals surface area (Å²) < 4.78 is 44.0. The number of alkyl halides is 3. The zero-order valence-corrected chi connectivity index (χ0v) is 14.0. The molecule has 1 atom stereocenters. The third kappa shape index (κ3) is 3.80. The average molecular weight is 383 g/mol. The number of likely N-dealkylation sites (tertiary alicyclic amines) is 1. The monoisotopic (exact) mass is 383 g/mol. The first-order valence-electron chi connectivity index (χ1n) is 8.16. The molecule has 1 fully saturated rings. The quantitative estimate of drug-likeness (QED) is 0.785. The molecule has 10 heteroatoms. The first kappa shape index (κ1) is 18.9. The van der Waals surface area contributed by atoms with Gasteiger partial charge in [-0.15, -0.1) is 0 Å². The number of nitrogens with one attached hydrogen (secondary N) is 1. The lowest BCUT2D eigenvalue weighted by Gasteiger charge is -2.23. The van der Waals surface area contributed by atoms with Crippen molar-refractivity contribution in [3.63, 3.8) is 0 Å². The topological polar surface area (TPSA) is 106 Å². The minimum Gasteiger partial charge on any atom is -0.423 e. The van der Waals surface area contributed by atoms with Crippen LogP contribution in [0.2, 0.25) is 0 Å². The Morgan fingerprint density at radius 3 is 2.70 bits per heavy atom. The number of fused-ring (bicyclic) bond motifs is 1. The van der Waals surface area contributed by atoms with Crippen LogP contribution in [0.4, 0.5) is 18.9 Å². The average Bonchev–Trinajstić information content (AvgIpc) is 3.09. The van der Waals surface area contributed by atoms with Crippen molar-refractivity contribution in [2.24, 2.45) is 5.73 Å². The molecule has 27 heavy (non-hydrogen) atoms. The molecule has 2 aromatic rings. The van der Waals surface area contributed by atoms with E-state index in [1.165, 1.54) is 11.0 Å². The Balaban J connectivity index is 1.89. The van der Waals surface area contributed by atoms with E-state index in [1.807, 2.05) is 0 Å². The highest BCUT2D eigenvalue weighted by Crippen LogP contribution is 2.34. The number of carbonyl (C=O) groups is 2. The van der Waals surface area contributed by atoms with Crippen LogP contribution in [0.3, 0.4) is 0 Å². The molecule has 7 nitrogen and oxygen atoms in total. The van der Waals surface area contributed by atoms with E-state index in [0.29, 0.717) is 25.5 Å². The van der Waals surface area contributed by atoms with Crippen LogP contribution in [0, 0.1) is 0 Å². The molecule has 1 aromatic carbocycles. The number of rotatable bonds is 3. The SMILES string of the molecule is NCC(=O)N1CCCC1C(=O)Nc1ccc2c(C(F)(F)F)cc(=O)oc2c1. The molecule has 1 aliphatic heterocycles. The Labute approximate surface area is 150 Å². The number of hydrogen-bond acceptors (Lipinski definition) is 5. The second kappa shape index (κ2) is 7.03. The van der Waals surface area contributed by atoms with Crippen LogP contribution in [0.15, 0.2) is 33.5 Å². The van der Waals surface area contributed by atoms with Gasteiger partial charge in [0.2, 0.25) is 11.8 Å². The summed E-state index contributed by atoms with van der Waals surface area (Å²) in [5.74, 6) is -0.838. The number of anilines is 1. The van der Waals surface area contributed by atoms with E-state index in [0.717, 1.165) is 12.1 Å². The van der Waals surface area contributed by atoms with Crippen molar-refractivity contribution in [3.8, 4) is 0 Å². The number of nitrogens with zero attached hydrogens (tertiary/aromatic N) is 1. The summed E-state index contributed by atoms with van der Waals surface area (Å²) in [5, 5.41) is 2.25. The lowest BCUT2D eigenvalue weighted by Crippen LogP contribution is -2.45. The number of amides is 2. The maximum absolute atomic E-state index is 13.1. The molecule has 3 N–H and O–H groups in total. The highest BCUT2D eigenvalue weighted by Gasteiger charge is 2.35. The molecule has 2 heterocycles. The lowest BCUT2D eigenvalue weighted by atomic mass is 10.1. The molecule has 1 saturated heterocycles. The Kier molecular flexibility index (Phi) is 4.92. The number of benzene rings is 1. The molecule has 1 unspecified atom stereocenters. The Morgan fingerprint density at radius 1 is 1.30 bits per heavy atom. The van der Waals surface area contributed by atoms with Gasteiger partial charge in [-0.1, -0.05) is 0 Å². The normalized spacial score (nSPS) is 17.3.